The minimum atomic E-state index is -0.570. The molecule has 4 nitrogen and oxygen atoms in total. The largest absolute Gasteiger partial charge is 0.491 e. The van der Waals surface area contributed by atoms with Gasteiger partial charge in [-0.1, -0.05) is 0 Å². The summed E-state index contributed by atoms with van der Waals surface area (Å²) < 4.78 is 5.48. The molecule has 2 N–H and O–H groups in total. The van der Waals surface area contributed by atoms with Crippen molar-refractivity contribution in [2.24, 2.45) is 0 Å². The number of aryl methyl sites for hydroxylation is 1. The predicted molar refractivity (Wildman–Crippen MR) is 83.4 cm³/mol. The number of benzene rings is 1. The predicted octanol–water partition coefficient (Wildman–Crippen LogP) is 2.46. The van der Waals surface area contributed by atoms with E-state index in [-0.39, 0.29) is 6.61 Å². The molecular formula is C16H18N2O2S. The van der Waals surface area contributed by atoms with E-state index in [2.05, 4.69) is 29.1 Å². The Kier molecular flexibility index (Phi) is 5.76. The van der Waals surface area contributed by atoms with Crippen LogP contribution in [0, 0.1) is 18.3 Å². The zero-order valence-electron chi connectivity index (χ0n) is 11.9. The van der Waals surface area contributed by atoms with Crippen molar-refractivity contribution in [3.05, 3.63) is 51.7 Å². The highest BCUT2D eigenvalue weighted by Crippen LogP contribution is 2.13. The summed E-state index contributed by atoms with van der Waals surface area (Å²) in [4.78, 5) is 0. The van der Waals surface area contributed by atoms with Gasteiger partial charge in [0.25, 0.3) is 0 Å². The highest BCUT2D eigenvalue weighted by atomic mass is 32.1. The van der Waals surface area contributed by atoms with Crippen molar-refractivity contribution in [1.29, 1.82) is 5.26 Å². The van der Waals surface area contributed by atoms with Crippen molar-refractivity contribution in [3.63, 3.8) is 0 Å². The van der Waals surface area contributed by atoms with Gasteiger partial charge in [0.05, 0.1) is 11.6 Å². The molecule has 0 aliphatic heterocycles. The van der Waals surface area contributed by atoms with Crippen LogP contribution in [-0.4, -0.2) is 24.4 Å². The molecule has 1 atom stereocenters. The third-order valence-electron chi connectivity index (χ3n) is 3.08. The molecule has 0 aliphatic rings. The molecule has 0 spiro atoms. The Morgan fingerprint density at radius 3 is 2.71 bits per heavy atom. The van der Waals surface area contributed by atoms with E-state index < -0.39 is 6.10 Å². The summed E-state index contributed by atoms with van der Waals surface area (Å²) in [6.45, 7) is 3.54. The van der Waals surface area contributed by atoms with Crippen molar-refractivity contribution in [1.82, 2.24) is 5.32 Å². The fourth-order valence-electron chi connectivity index (χ4n) is 1.82. The Morgan fingerprint density at radius 1 is 1.33 bits per heavy atom. The molecule has 0 saturated heterocycles. The normalized spacial score (nSPS) is 11.9. The van der Waals surface area contributed by atoms with Crippen LogP contribution in [0.15, 0.2) is 35.0 Å². The van der Waals surface area contributed by atoms with E-state index in [0.717, 1.165) is 6.54 Å². The first-order valence-corrected chi connectivity index (χ1v) is 7.66. The summed E-state index contributed by atoms with van der Waals surface area (Å²) in [7, 11) is 0. The van der Waals surface area contributed by atoms with Gasteiger partial charge in [0, 0.05) is 13.1 Å². The van der Waals surface area contributed by atoms with Crippen LogP contribution in [0.2, 0.25) is 0 Å². The van der Waals surface area contributed by atoms with Gasteiger partial charge in [-0.2, -0.15) is 16.6 Å². The second-order valence-corrected chi connectivity index (χ2v) is 5.56. The van der Waals surface area contributed by atoms with Crippen LogP contribution < -0.4 is 10.1 Å². The van der Waals surface area contributed by atoms with Crippen LogP contribution in [-0.2, 0) is 6.54 Å². The second-order valence-electron chi connectivity index (χ2n) is 4.81. The maximum absolute atomic E-state index is 9.87. The van der Waals surface area contributed by atoms with Crippen LogP contribution in [0.1, 0.15) is 16.7 Å². The molecule has 1 aromatic heterocycles. The van der Waals surface area contributed by atoms with E-state index in [1.165, 1.54) is 11.1 Å². The Hall–Kier alpha value is -1.87. The molecule has 0 fully saturated rings. The molecule has 1 aromatic carbocycles. The van der Waals surface area contributed by atoms with Gasteiger partial charge < -0.3 is 15.2 Å². The number of ether oxygens (including phenoxy) is 1. The lowest BCUT2D eigenvalue weighted by Crippen LogP contribution is -2.31. The molecule has 0 aliphatic carbocycles. The van der Waals surface area contributed by atoms with Gasteiger partial charge in [-0.05, 0) is 53.1 Å². The quantitative estimate of drug-likeness (QED) is 0.824. The monoisotopic (exact) mass is 302 g/mol. The van der Waals surface area contributed by atoms with Gasteiger partial charge in [-0.3, -0.25) is 0 Å². The minimum Gasteiger partial charge on any atom is -0.491 e. The average molecular weight is 302 g/mol. The molecular weight excluding hydrogens is 284 g/mol. The van der Waals surface area contributed by atoms with Crippen molar-refractivity contribution >= 4 is 11.3 Å². The molecule has 1 unspecified atom stereocenters. The van der Waals surface area contributed by atoms with E-state index in [9.17, 15) is 5.11 Å². The van der Waals surface area contributed by atoms with Crippen molar-refractivity contribution in [2.75, 3.05) is 13.2 Å². The fourth-order valence-corrected chi connectivity index (χ4v) is 2.68. The number of aliphatic hydroxyl groups is 1. The van der Waals surface area contributed by atoms with E-state index >= 15 is 0 Å². The number of nitrogens with one attached hydrogen (secondary N) is 1. The van der Waals surface area contributed by atoms with Crippen LogP contribution >= 0.6 is 11.3 Å². The van der Waals surface area contributed by atoms with E-state index in [1.807, 2.05) is 0 Å². The first-order chi connectivity index (χ1) is 10.2. The Balaban J connectivity index is 1.68. The van der Waals surface area contributed by atoms with Crippen LogP contribution in [0.3, 0.4) is 0 Å². The molecule has 5 heteroatoms. The molecule has 0 bridgehead atoms. The standard InChI is InChI=1S/C16H18N2O2S/c1-12-10-21-11-14(12)7-18-8-15(19)9-20-16-4-2-13(6-17)3-5-16/h2-5,10-11,15,18-19H,7-9H2,1H3. The topological polar surface area (TPSA) is 65.3 Å². The third-order valence-corrected chi connectivity index (χ3v) is 3.99. The Bertz CT molecular complexity index is 601. The number of hydrogen-bond donors (Lipinski definition) is 2. The first kappa shape index (κ1) is 15.5. The molecule has 1 heterocycles. The van der Waals surface area contributed by atoms with E-state index in [4.69, 9.17) is 10.00 Å². The van der Waals surface area contributed by atoms with Crippen LogP contribution in [0.25, 0.3) is 0 Å². The lowest BCUT2D eigenvalue weighted by Gasteiger charge is -2.13. The number of nitriles is 1. The van der Waals surface area contributed by atoms with E-state index in [0.29, 0.717) is 17.9 Å². The van der Waals surface area contributed by atoms with Gasteiger partial charge in [0.1, 0.15) is 18.5 Å². The molecule has 110 valence electrons. The number of hydrogen-bond acceptors (Lipinski definition) is 5. The lowest BCUT2D eigenvalue weighted by atomic mass is 10.2. The lowest BCUT2D eigenvalue weighted by molar-refractivity contribution is 0.106. The highest BCUT2D eigenvalue weighted by Gasteiger charge is 2.06. The van der Waals surface area contributed by atoms with Gasteiger partial charge in [-0.25, -0.2) is 0 Å². The summed E-state index contributed by atoms with van der Waals surface area (Å²) in [5.41, 5.74) is 3.13. The summed E-state index contributed by atoms with van der Waals surface area (Å²) >= 11 is 1.69. The number of aliphatic hydroxyl groups excluding tert-OH is 1. The zero-order valence-corrected chi connectivity index (χ0v) is 12.7. The highest BCUT2D eigenvalue weighted by molar-refractivity contribution is 7.08. The molecule has 0 saturated carbocycles. The molecule has 0 radical (unpaired) electrons. The van der Waals surface area contributed by atoms with Crippen LogP contribution in [0.4, 0.5) is 0 Å². The minimum absolute atomic E-state index is 0.224. The van der Waals surface area contributed by atoms with E-state index in [1.54, 1.807) is 35.6 Å². The summed E-state index contributed by atoms with van der Waals surface area (Å²) in [5.74, 6) is 0.654. The molecule has 0 amide bonds. The number of thiophene rings is 1. The van der Waals surface area contributed by atoms with Crippen LogP contribution in [0.5, 0.6) is 5.75 Å². The molecule has 2 aromatic rings. The first-order valence-electron chi connectivity index (χ1n) is 6.72. The summed E-state index contributed by atoms with van der Waals surface area (Å²) in [6.07, 6.45) is -0.570. The summed E-state index contributed by atoms with van der Waals surface area (Å²) in [6, 6.07) is 8.90. The zero-order chi connectivity index (χ0) is 15.1. The van der Waals surface area contributed by atoms with Crippen molar-refractivity contribution in [3.8, 4) is 11.8 Å². The average Bonchev–Trinajstić information content (AvgIpc) is 2.91. The maximum Gasteiger partial charge on any atom is 0.119 e. The van der Waals surface area contributed by atoms with Gasteiger partial charge >= 0.3 is 0 Å². The molecule has 21 heavy (non-hydrogen) atoms. The SMILES string of the molecule is Cc1cscc1CNCC(O)COc1ccc(C#N)cc1. The smallest absolute Gasteiger partial charge is 0.119 e. The van der Waals surface area contributed by atoms with Gasteiger partial charge in [0.2, 0.25) is 0 Å². The number of rotatable bonds is 7. The second kappa shape index (κ2) is 7.79. The molecule has 2 rings (SSSR count). The van der Waals surface area contributed by atoms with Gasteiger partial charge in [-0.15, -0.1) is 0 Å². The van der Waals surface area contributed by atoms with Gasteiger partial charge in [0.15, 0.2) is 0 Å². The summed E-state index contributed by atoms with van der Waals surface area (Å²) in [5, 5.41) is 26.0. The Morgan fingerprint density at radius 2 is 2.10 bits per heavy atom. The fraction of sp³-hybridized carbons (Fsp3) is 0.312. The van der Waals surface area contributed by atoms with Crippen molar-refractivity contribution < 1.29 is 9.84 Å². The van der Waals surface area contributed by atoms with Crippen molar-refractivity contribution in [2.45, 2.75) is 19.6 Å². The third kappa shape index (κ3) is 4.87. The number of nitrogens with zero attached hydrogens (tertiary/aromatic N) is 1. The Labute approximate surface area is 128 Å². The maximum atomic E-state index is 9.87.